The van der Waals surface area contributed by atoms with Gasteiger partial charge in [-0.2, -0.15) is 4.98 Å². The Morgan fingerprint density at radius 2 is 2.20 bits per heavy atom. The number of anilines is 2. The van der Waals surface area contributed by atoms with Gasteiger partial charge in [-0.15, -0.1) is 0 Å². The van der Waals surface area contributed by atoms with Crippen LogP contribution < -0.4 is 10.2 Å². The average molecular weight is 363 g/mol. The number of aliphatic hydroxyl groups is 1. The van der Waals surface area contributed by atoms with Crippen molar-refractivity contribution in [3.05, 3.63) is 46.6 Å². The minimum Gasteiger partial charge on any atom is -0.395 e. The molecule has 1 aromatic heterocycles. The summed E-state index contributed by atoms with van der Waals surface area (Å²) in [6, 6.07) is 9.81. The standard InChI is InChI=1S/C18H23ClN4O2/c1-23(11-13-4-2-3-5-15(13)19)17-10-16(14-6-9-25-12-14)21-18(22-17)20-7-8-24/h2-5,10,14,24H,6-9,11-12H2,1H3,(H,20,21,22). The van der Waals surface area contributed by atoms with Crippen molar-refractivity contribution in [3.8, 4) is 0 Å². The van der Waals surface area contributed by atoms with E-state index < -0.39 is 0 Å². The Morgan fingerprint density at radius 1 is 1.36 bits per heavy atom. The van der Waals surface area contributed by atoms with Crippen molar-refractivity contribution < 1.29 is 9.84 Å². The number of hydrogen-bond acceptors (Lipinski definition) is 6. The van der Waals surface area contributed by atoms with Crippen LogP contribution >= 0.6 is 11.6 Å². The van der Waals surface area contributed by atoms with Crippen LogP contribution in [0.2, 0.25) is 5.02 Å². The fourth-order valence-corrected chi connectivity index (χ4v) is 3.03. The van der Waals surface area contributed by atoms with E-state index in [0.29, 0.717) is 25.6 Å². The van der Waals surface area contributed by atoms with Gasteiger partial charge in [-0.05, 0) is 18.1 Å². The first-order valence-corrected chi connectivity index (χ1v) is 8.81. The summed E-state index contributed by atoms with van der Waals surface area (Å²) in [5.74, 6) is 1.63. The minimum absolute atomic E-state index is 0.0327. The molecule has 0 bridgehead atoms. The number of rotatable bonds is 7. The second-order valence-electron chi connectivity index (χ2n) is 6.13. The Hall–Kier alpha value is -1.89. The summed E-state index contributed by atoms with van der Waals surface area (Å²) in [5, 5.41) is 12.9. The average Bonchev–Trinajstić information content (AvgIpc) is 3.16. The van der Waals surface area contributed by atoms with Crippen molar-refractivity contribution in [1.29, 1.82) is 0 Å². The molecule has 1 saturated heterocycles. The number of nitrogens with one attached hydrogen (secondary N) is 1. The van der Waals surface area contributed by atoms with Crippen LogP contribution in [-0.4, -0.2) is 48.5 Å². The fourth-order valence-electron chi connectivity index (χ4n) is 2.83. The zero-order valence-electron chi connectivity index (χ0n) is 14.3. The van der Waals surface area contributed by atoms with E-state index in [-0.39, 0.29) is 12.5 Å². The van der Waals surface area contributed by atoms with Crippen LogP contribution in [0.4, 0.5) is 11.8 Å². The third-order valence-corrected chi connectivity index (χ3v) is 4.60. The SMILES string of the molecule is CN(Cc1ccccc1Cl)c1cc(C2CCOC2)nc(NCCO)n1. The smallest absolute Gasteiger partial charge is 0.224 e. The maximum atomic E-state index is 9.05. The molecule has 1 fully saturated rings. The number of hydrogen-bond donors (Lipinski definition) is 2. The molecule has 1 atom stereocenters. The fraction of sp³-hybridized carbons (Fsp3) is 0.444. The first-order chi connectivity index (χ1) is 12.2. The van der Waals surface area contributed by atoms with Crippen molar-refractivity contribution in [3.63, 3.8) is 0 Å². The normalized spacial score (nSPS) is 16.8. The molecule has 7 heteroatoms. The van der Waals surface area contributed by atoms with Gasteiger partial charge >= 0.3 is 0 Å². The maximum absolute atomic E-state index is 9.05. The lowest BCUT2D eigenvalue weighted by Crippen LogP contribution is -2.20. The number of aliphatic hydroxyl groups excluding tert-OH is 1. The van der Waals surface area contributed by atoms with Crippen molar-refractivity contribution >= 4 is 23.4 Å². The van der Waals surface area contributed by atoms with E-state index in [2.05, 4.69) is 15.3 Å². The molecular weight excluding hydrogens is 340 g/mol. The van der Waals surface area contributed by atoms with E-state index in [1.807, 2.05) is 42.3 Å². The van der Waals surface area contributed by atoms with Crippen LogP contribution in [0.15, 0.2) is 30.3 Å². The molecule has 1 aliphatic heterocycles. The highest BCUT2D eigenvalue weighted by atomic mass is 35.5. The minimum atomic E-state index is 0.0327. The molecule has 1 aliphatic rings. The predicted octanol–water partition coefficient (Wildman–Crippen LogP) is 2.67. The zero-order valence-corrected chi connectivity index (χ0v) is 15.0. The van der Waals surface area contributed by atoms with Crippen LogP contribution in [0.3, 0.4) is 0 Å². The molecule has 1 aromatic carbocycles. The van der Waals surface area contributed by atoms with Crippen LogP contribution in [0.25, 0.3) is 0 Å². The summed E-state index contributed by atoms with van der Waals surface area (Å²) in [7, 11) is 1.98. The summed E-state index contributed by atoms with van der Waals surface area (Å²) in [4.78, 5) is 11.2. The third-order valence-electron chi connectivity index (χ3n) is 4.23. The highest BCUT2D eigenvalue weighted by molar-refractivity contribution is 6.31. The Labute approximate surface area is 152 Å². The molecule has 6 nitrogen and oxygen atoms in total. The lowest BCUT2D eigenvalue weighted by molar-refractivity contribution is 0.193. The molecule has 0 radical (unpaired) electrons. The quantitative estimate of drug-likeness (QED) is 0.789. The van der Waals surface area contributed by atoms with Gasteiger partial charge in [0.05, 0.1) is 18.9 Å². The lowest BCUT2D eigenvalue weighted by atomic mass is 10.0. The molecule has 0 saturated carbocycles. The molecule has 2 N–H and O–H groups in total. The summed E-state index contributed by atoms with van der Waals surface area (Å²) in [5.41, 5.74) is 2.01. The van der Waals surface area contributed by atoms with E-state index >= 15 is 0 Å². The largest absolute Gasteiger partial charge is 0.395 e. The Morgan fingerprint density at radius 3 is 2.92 bits per heavy atom. The number of aromatic nitrogens is 2. The van der Waals surface area contributed by atoms with Gasteiger partial charge in [0.1, 0.15) is 5.82 Å². The van der Waals surface area contributed by atoms with Crippen LogP contribution in [0, 0.1) is 0 Å². The van der Waals surface area contributed by atoms with Crippen LogP contribution in [0.5, 0.6) is 0 Å². The van der Waals surface area contributed by atoms with Gasteiger partial charge in [-0.1, -0.05) is 29.8 Å². The molecule has 0 spiro atoms. The van der Waals surface area contributed by atoms with Gasteiger partial charge in [0.25, 0.3) is 0 Å². The first-order valence-electron chi connectivity index (χ1n) is 8.43. The van der Waals surface area contributed by atoms with Gasteiger partial charge < -0.3 is 20.1 Å². The predicted molar refractivity (Wildman–Crippen MR) is 99.3 cm³/mol. The van der Waals surface area contributed by atoms with Crippen molar-refractivity contribution in [2.75, 3.05) is 43.6 Å². The summed E-state index contributed by atoms with van der Waals surface area (Å²) in [6.45, 7) is 2.54. The van der Waals surface area contributed by atoms with Gasteiger partial charge in [0.15, 0.2) is 0 Å². The van der Waals surface area contributed by atoms with Crippen molar-refractivity contribution in [2.45, 2.75) is 18.9 Å². The lowest BCUT2D eigenvalue weighted by Gasteiger charge is -2.21. The van der Waals surface area contributed by atoms with Crippen LogP contribution in [-0.2, 0) is 11.3 Å². The summed E-state index contributed by atoms with van der Waals surface area (Å²) < 4.78 is 5.49. The van der Waals surface area contributed by atoms with Gasteiger partial charge in [0, 0.05) is 43.8 Å². The number of benzene rings is 1. The molecule has 134 valence electrons. The Kier molecular flexibility index (Phi) is 6.07. The third kappa shape index (κ3) is 4.60. The Bertz CT molecular complexity index is 707. The van der Waals surface area contributed by atoms with Gasteiger partial charge in [-0.3, -0.25) is 0 Å². The van der Waals surface area contributed by atoms with Gasteiger partial charge in [-0.25, -0.2) is 4.98 Å². The monoisotopic (exact) mass is 362 g/mol. The first kappa shape index (κ1) is 17.9. The summed E-state index contributed by atoms with van der Waals surface area (Å²) >= 11 is 6.27. The summed E-state index contributed by atoms with van der Waals surface area (Å²) in [6.07, 6.45) is 0.962. The maximum Gasteiger partial charge on any atom is 0.224 e. The van der Waals surface area contributed by atoms with E-state index in [0.717, 1.165) is 35.1 Å². The molecule has 0 amide bonds. The van der Waals surface area contributed by atoms with E-state index in [1.54, 1.807) is 0 Å². The second kappa shape index (κ2) is 8.47. The van der Waals surface area contributed by atoms with Crippen molar-refractivity contribution in [2.24, 2.45) is 0 Å². The second-order valence-corrected chi connectivity index (χ2v) is 6.54. The molecule has 2 heterocycles. The number of halogens is 1. The van der Waals surface area contributed by atoms with E-state index in [4.69, 9.17) is 21.4 Å². The molecule has 2 aromatic rings. The highest BCUT2D eigenvalue weighted by Crippen LogP contribution is 2.28. The molecule has 0 aliphatic carbocycles. The number of ether oxygens (including phenoxy) is 1. The Balaban J connectivity index is 1.84. The zero-order chi connectivity index (χ0) is 17.6. The van der Waals surface area contributed by atoms with Crippen LogP contribution in [0.1, 0.15) is 23.6 Å². The van der Waals surface area contributed by atoms with E-state index in [9.17, 15) is 0 Å². The molecule has 25 heavy (non-hydrogen) atoms. The van der Waals surface area contributed by atoms with Crippen molar-refractivity contribution in [1.82, 2.24) is 9.97 Å². The molecular formula is C18H23ClN4O2. The highest BCUT2D eigenvalue weighted by Gasteiger charge is 2.21. The van der Waals surface area contributed by atoms with Gasteiger partial charge in [0.2, 0.25) is 5.95 Å². The molecule has 1 unspecified atom stereocenters. The topological polar surface area (TPSA) is 70.5 Å². The molecule has 3 rings (SSSR count). The number of nitrogens with zero attached hydrogens (tertiary/aromatic N) is 3. The van der Waals surface area contributed by atoms with E-state index in [1.165, 1.54) is 0 Å².